The van der Waals surface area contributed by atoms with Gasteiger partial charge in [0.1, 0.15) is 16.8 Å². The Hall–Kier alpha value is -1.06. The average molecular weight is 534 g/mol. The standard InChI is InChI=1S/C20H25ClIN3O2S/c1-11(2)7-13-9-18(13)28(27)24-17-8-12(3)20(26)25(4)19(17)23-16-6-5-14(22)10-15(16)21/h5-6,8,10-11,13,18,23-24H,7,9H2,1-4H3. The smallest absolute Gasteiger partial charge is 0.254 e. The number of anilines is 3. The van der Waals surface area contributed by atoms with Gasteiger partial charge in [-0.1, -0.05) is 25.4 Å². The SMILES string of the molecule is Cc1cc(NS(=O)C2CC2CC(C)C)c(Nc2ccc(I)cc2Cl)n(C)c1=O. The summed E-state index contributed by atoms with van der Waals surface area (Å²) in [6, 6.07) is 7.41. The molecule has 0 aliphatic heterocycles. The molecule has 0 radical (unpaired) electrons. The average Bonchev–Trinajstić information content (AvgIpc) is 3.36. The molecule has 0 amide bonds. The van der Waals surface area contributed by atoms with Crippen LogP contribution in [0.5, 0.6) is 0 Å². The van der Waals surface area contributed by atoms with Crippen molar-refractivity contribution >= 4 is 62.4 Å². The van der Waals surface area contributed by atoms with Gasteiger partial charge in [0.05, 0.1) is 21.6 Å². The van der Waals surface area contributed by atoms with E-state index < -0.39 is 11.0 Å². The first-order chi connectivity index (χ1) is 13.2. The predicted octanol–water partition coefficient (Wildman–Crippen LogP) is 5.21. The fourth-order valence-corrected chi connectivity index (χ4v) is 5.67. The Balaban J connectivity index is 1.88. The van der Waals surface area contributed by atoms with Crippen LogP contribution in [0.25, 0.3) is 0 Å². The van der Waals surface area contributed by atoms with Crippen molar-refractivity contribution in [3.63, 3.8) is 0 Å². The van der Waals surface area contributed by atoms with Crippen LogP contribution < -0.4 is 15.6 Å². The lowest BCUT2D eigenvalue weighted by Gasteiger charge is -2.18. The first kappa shape index (κ1) is 21.6. The minimum Gasteiger partial charge on any atom is -0.339 e. The van der Waals surface area contributed by atoms with Crippen molar-refractivity contribution in [1.29, 1.82) is 0 Å². The van der Waals surface area contributed by atoms with E-state index in [0.717, 1.165) is 16.4 Å². The molecule has 5 nitrogen and oxygen atoms in total. The van der Waals surface area contributed by atoms with Crippen LogP contribution >= 0.6 is 34.2 Å². The molecule has 1 aliphatic rings. The Kier molecular flexibility index (Phi) is 6.76. The number of aromatic nitrogens is 1. The van der Waals surface area contributed by atoms with Gasteiger partial charge in [0.25, 0.3) is 5.56 Å². The highest BCUT2D eigenvalue weighted by molar-refractivity contribution is 14.1. The molecule has 2 N–H and O–H groups in total. The highest BCUT2D eigenvalue weighted by Gasteiger charge is 2.42. The summed E-state index contributed by atoms with van der Waals surface area (Å²) in [6.45, 7) is 6.14. The van der Waals surface area contributed by atoms with E-state index in [1.54, 1.807) is 20.0 Å². The molecule has 1 aromatic heterocycles. The molecule has 0 bridgehead atoms. The van der Waals surface area contributed by atoms with Gasteiger partial charge < -0.3 is 10.0 Å². The van der Waals surface area contributed by atoms with Crippen molar-refractivity contribution in [1.82, 2.24) is 4.57 Å². The summed E-state index contributed by atoms with van der Waals surface area (Å²) in [7, 11) is 0.501. The zero-order chi connectivity index (χ0) is 20.6. The largest absolute Gasteiger partial charge is 0.339 e. The second kappa shape index (κ2) is 8.75. The minimum absolute atomic E-state index is 0.107. The van der Waals surface area contributed by atoms with Gasteiger partial charge in [-0.05, 0) is 78.5 Å². The summed E-state index contributed by atoms with van der Waals surface area (Å²) in [4.78, 5) is 12.5. The Morgan fingerprint density at radius 2 is 2.04 bits per heavy atom. The number of nitrogens with one attached hydrogen (secondary N) is 2. The van der Waals surface area contributed by atoms with E-state index in [0.29, 0.717) is 39.6 Å². The van der Waals surface area contributed by atoms with Crippen LogP contribution in [-0.2, 0) is 18.0 Å². The Bertz CT molecular complexity index is 977. The van der Waals surface area contributed by atoms with E-state index in [9.17, 15) is 9.00 Å². The molecule has 3 atom stereocenters. The van der Waals surface area contributed by atoms with Crippen LogP contribution in [0.3, 0.4) is 0 Å². The lowest BCUT2D eigenvalue weighted by molar-refractivity contribution is 0.540. The number of pyridine rings is 1. The lowest BCUT2D eigenvalue weighted by Crippen LogP contribution is -2.24. The zero-order valence-electron chi connectivity index (χ0n) is 16.4. The molecule has 28 heavy (non-hydrogen) atoms. The molecule has 1 heterocycles. The first-order valence-corrected chi connectivity index (χ1v) is 11.9. The third kappa shape index (κ3) is 4.91. The second-order valence-electron chi connectivity index (χ2n) is 7.77. The van der Waals surface area contributed by atoms with E-state index in [2.05, 4.69) is 46.5 Å². The monoisotopic (exact) mass is 533 g/mol. The van der Waals surface area contributed by atoms with Crippen molar-refractivity contribution in [3.05, 3.63) is 48.8 Å². The maximum atomic E-state index is 12.8. The highest BCUT2D eigenvalue weighted by atomic mass is 127. The molecule has 1 aliphatic carbocycles. The van der Waals surface area contributed by atoms with Crippen LogP contribution in [0.4, 0.5) is 17.2 Å². The zero-order valence-corrected chi connectivity index (χ0v) is 20.1. The first-order valence-electron chi connectivity index (χ1n) is 9.27. The molecule has 2 aromatic rings. The summed E-state index contributed by atoms with van der Waals surface area (Å²) in [6.07, 6.45) is 2.07. The summed E-state index contributed by atoms with van der Waals surface area (Å²) >= 11 is 8.55. The van der Waals surface area contributed by atoms with E-state index in [1.165, 1.54) is 4.57 Å². The van der Waals surface area contributed by atoms with Crippen LogP contribution in [0.1, 0.15) is 32.3 Å². The summed E-state index contributed by atoms with van der Waals surface area (Å²) < 4.78 is 18.5. The molecule has 1 fully saturated rings. The fraction of sp³-hybridized carbons (Fsp3) is 0.450. The summed E-state index contributed by atoms with van der Waals surface area (Å²) in [5, 5.41) is 3.97. The molecule has 3 unspecified atom stereocenters. The number of rotatable bonds is 7. The maximum Gasteiger partial charge on any atom is 0.254 e. The highest BCUT2D eigenvalue weighted by Crippen LogP contribution is 2.41. The molecule has 1 saturated carbocycles. The van der Waals surface area contributed by atoms with E-state index in [4.69, 9.17) is 11.6 Å². The van der Waals surface area contributed by atoms with Gasteiger partial charge in [-0.25, -0.2) is 4.21 Å². The van der Waals surface area contributed by atoms with Crippen molar-refractivity contribution in [2.75, 3.05) is 10.0 Å². The quantitative estimate of drug-likeness (QED) is 0.481. The number of halogens is 2. The molecule has 1 aromatic carbocycles. The third-order valence-corrected chi connectivity index (χ3v) is 7.43. The minimum atomic E-state index is -1.20. The van der Waals surface area contributed by atoms with E-state index in [1.807, 2.05) is 18.2 Å². The van der Waals surface area contributed by atoms with Gasteiger partial charge in [-0.15, -0.1) is 0 Å². The molecular weight excluding hydrogens is 509 g/mol. The summed E-state index contributed by atoms with van der Waals surface area (Å²) in [5.74, 6) is 1.66. The number of hydrogen-bond acceptors (Lipinski definition) is 3. The molecule has 0 spiro atoms. The van der Waals surface area contributed by atoms with Crippen LogP contribution in [0, 0.1) is 22.3 Å². The Labute approximate surface area is 187 Å². The van der Waals surface area contributed by atoms with Gasteiger partial charge in [-0.3, -0.25) is 9.36 Å². The van der Waals surface area contributed by atoms with E-state index in [-0.39, 0.29) is 10.8 Å². The molecule has 3 rings (SSSR count). The molecule has 8 heteroatoms. The lowest BCUT2D eigenvalue weighted by atomic mass is 10.1. The van der Waals surface area contributed by atoms with Crippen LogP contribution in [0.2, 0.25) is 5.02 Å². The van der Waals surface area contributed by atoms with Crippen molar-refractivity contribution < 1.29 is 4.21 Å². The van der Waals surface area contributed by atoms with Crippen molar-refractivity contribution in [3.8, 4) is 0 Å². The molecule has 0 saturated heterocycles. The normalized spacial score (nSPS) is 19.5. The van der Waals surface area contributed by atoms with Crippen molar-refractivity contribution in [2.24, 2.45) is 18.9 Å². The van der Waals surface area contributed by atoms with Gasteiger partial charge in [0.2, 0.25) is 0 Å². The van der Waals surface area contributed by atoms with Gasteiger partial charge >= 0.3 is 0 Å². The molecule has 152 valence electrons. The molecular formula is C20H25ClIN3O2S. The summed E-state index contributed by atoms with van der Waals surface area (Å²) in [5.41, 5.74) is 1.82. The van der Waals surface area contributed by atoms with Gasteiger partial charge in [0.15, 0.2) is 0 Å². The van der Waals surface area contributed by atoms with Crippen molar-refractivity contribution in [2.45, 2.75) is 38.9 Å². The Morgan fingerprint density at radius 3 is 2.68 bits per heavy atom. The van der Waals surface area contributed by atoms with Crippen LogP contribution in [-0.4, -0.2) is 14.0 Å². The third-order valence-electron chi connectivity index (χ3n) is 4.89. The number of hydrogen-bond donors (Lipinski definition) is 2. The Morgan fingerprint density at radius 1 is 1.32 bits per heavy atom. The predicted molar refractivity (Wildman–Crippen MR) is 127 cm³/mol. The number of benzene rings is 1. The van der Waals surface area contributed by atoms with Gasteiger partial charge in [0, 0.05) is 16.2 Å². The number of nitrogens with zero attached hydrogens (tertiary/aromatic N) is 1. The van der Waals surface area contributed by atoms with Gasteiger partial charge in [-0.2, -0.15) is 0 Å². The van der Waals surface area contributed by atoms with E-state index >= 15 is 0 Å². The maximum absolute atomic E-state index is 12.8. The topological polar surface area (TPSA) is 63.1 Å². The number of aryl methyl sites for hydroxylation is 1. The van der Waals surface area contributed by atoms with Crippen LogP contribution in [0.15, 0.2) is 29.1 Å². The second-order valence-corrected chi connectivity index (χ2v) is 10.8. The fourth-order valence-electron chi connectivity index (χ4n) is 3.36.